The monoisotopic (exact) mass is 223 g/mol. The van der Waals surface area contributed by atoms with Crippen LogP contribution in [0.5, 0.6) is 0 Å². The molecule has 0 aliphatic carbocycles. The minimum Gasteiger partial charge on any atom is -0.458 e. The summed E-state index contributed by atoms with van der Waals surface area (Å²) < 4.78 is 5.67. The maximum absolute atomic E-state index is 6.13. The number of hydrogen-bond acceptors (Lipinski definition) is 2. The average Bonchev–Trinajstić information content (AvgIpc) is 2.55. The Labute approximate surface area is 94.0 Å². The molecule has 3 heteroatoms. The summed E-state index contributed by atoms with van der Waals surface area (Å²) in [5, 5.41) is 1.77. The van der Waals surface area contributed by atoms with E-state index in [1.54, 1.807) is 0 Å². The van der Waals surface area contributed by atoms with Crippen molar-refractivity contribution < 1.29 is 4.42 Å². The molecule has 0 aliphatic rings. The van der Waals surface area contributed by atoms with Gasteiger partial charge in [-0.2, -0.15) is 0 Å². The lowest BCUT2D eigenvalue weighted by Gasteiger charge is -1.97. The van der Waals surface area contributed by atoms with Crippen LogP contribution in [0.25, 0.3) is 11.0 Å². The zero-order valence-corrected chi connectivity index (χ0v) is 9.69. The van der Waals surface area contributed by atoms with Gasteiger partial charge in [0.05, 0.1) is 11.6 Å². The van der Waals surface area contributed by atoms with Gasteiger partial charge in [0.15, 0.2) is 5.58 Å². The molecule has 0 aliphatic heterocycles. The Morgan fingerprint density at radius 3 is 2.73 bits per heavy atom. The topological polar surface area (TPSA) is 39.2 Å². The van der Waals surface area contributed by atoms with Gasteiger partial charge >= 0.3 is 0 Å². The molecule has 80 valence electrons. The molecule has 0 saturated heterocycles. The van der Waals surface area contributed by atoms with E-state index in [2.05, 4.69) is 13.0 Å². The standard InChI is InChI=1S/C12H14ClNO/c1-3-8-9-4-7(2)5-10(13)12(9)15-11(8)6-14/h4-5H,3,6,14H2,1-2H3. The highest BCUT2D eigenvalue weighted by Gasteiger charge is 2.14. The fourth-order valence-electron chi connectivity index (χ4n) is 1.94. The first-order valence-corrected chi connectivity index (χ1v) is 5.45. The van der Waals surface area contributed by atoms with Crippen molar-refractivity contribution in [3.05, 3.63) is 34.0 Å². The molecule has 1 aromatic carbocycles. The molecule has 0 atom stereocenters. The maximum Gasteiger partial charge on any atom is 0.153 e. The highest BCUT2D eigenvalue weighted by atomic mass is 35.5. The highest BCUT2D eigenvalue weighted by Crippen LogP contribution is 2.32. The van der Waals surface area contributed by atoms with Crippen molar-refractivity contribution in [1.82, 2.24) is 0 Å². The fourth-order valence-corrected chi connectivity index (χ4v) is 2.26. The average molecular weight is 224 g/mol. The molecule has 0 radical (unpaired) electrons. The van der Waals surface area contributed by atoms with Gasteiger partial charge in [-0.25, -0.2) is 0 Å². The van der Waals surface area contributed by atoms with E-state index >= 15 is 0 Å². The van der Waals surface area contributed by atoms with Gasteiger partial charge in [0.2, 0.25) is 0 Å². The molecule has 2 N–H and O–H groups in total. The van der Waals surface area contributed by atoms with Crippen LogP contribution < -0.4 is 5.73 Å². The van der Waals surface area contributed by atoms with Crippen molar-refractivity contribution in [3.8, 4) is 0 Å². The maximum atomic E-state index is 6.13. The normalized spacial score (nSPS) is 11.2. The minimum absolute atomic E-state index is 0.424. The Hall–Kier alpha value is -0.990. The summed E-state index contributed by atoms with van der Waals surface area (Å²) in [4.78, 5) is 0. The van der Waals surface area contributed by atoms with Crippen molar-refractivity contribution in [1.29, 1.82) is 0 Å². The number of aryl methyl sites for hydroxylation is 2. The second-order valence-electron chi connectivity index (χ2n) is 3.68. The molecule has 15 heavy (non-hydrogen) atoms. The lowest BCUT2D eigenvalue weighted by molar-refractivity contribution is 0.546. The van der Waals surface area contributed by atoms with E-state index in [9.17, 15) is 0 Å². The Morgan fingerprint density at radius 1 is 1.40 bits per heavy atom. The molecule has 0 bridgehead atoms. The fraction of sp³-hybridized carbons (Fsp3) is 0.333. The molecule has 2 rings (SSSR count). The van der Waals surface area contributed by atoms with Crippen LogP contribution in [0, 0.1) is 6.92 Å². The van der Waals surface area contributed by atoms with Crippen molar-refractivity contribution in [2.75, 3.05) is 0 Å². The van der Waals surface area contributed by atoms with Gasteiger partial charge < -0.3 is 10.2 Å². The first-order valence-electron chi connectivity index (χ1n) is 5.07. The third-order valence-corrected chi connectivity index (χ3v) is 2.89. The molecule has 0 fully saturated rings. The molecule has 0 unspecified atom stereocenters. The van der Waals surface area contributed by atoms with Gasteiger partial charge in [0, 0.05) is 10.9 Å². The van der Waals surface area contributed by atoms with Crippen LogP contribution in [-0.4, -0.2) is 0 Å². The first kappa shape index (κ1) is 10.5. The van der Waals surface area contributed by atoms with E-state index in [-0.39, 0.29) is 0 Å². The van der Waals surface area contributed by atoms with Crippen molar-refractivity contribution in [2.24, 2.45) is 5.73 Å². The zero-order chi connectivity index (χ0) is 11.0. The summed E-state index contributed by atoms with van der Waals surface area (Å²) in [5.41, 5.74) is 8.73. The van der Waals surface area contributed by atoms with E-state index in [4.69, 9.17) is 21.8 Å². The molecular weight excluding hydrogens is 210 g/mol. The molecule has 0 spiro atoms. The van der Waals surface area contributed by atoms with Gasteiger partial charge in [-0.05, 0) is 31.0 Å². The van der Waals surface area contributed by atoms with E-state index in [1.807, 2.05) is 13.0 Å². The summed E-state index contributed by atoms with van der Waals surface area (Å²) in [6.45, 7) is 4.55. The summed E-state index contributed by atoms with van der Waals surface area (Å²) in [6, 6.07) is 4.01. The SMILES string of the molecule is CCc1c(CN)oc2c(Cl)cc(C)cc12. The number of furan rings is 1. The van der Waals surface area contributed by atoms with E-state index in [0.717, 1.165) is 28.7 Å². The van der Waals surface area contributed by atoms with Gasteiger partial charge in [-0.1, -0.05) is 18.5 Å². The molecule has 1 heterocycles. The highest BCUT2D eigenvalue weighted by molar-refractivity contribution is 6.35. The largest absolute Gasteiger partial charge is 0.458 e. The van der Waals surface area contributed by atoms with Crippen molar-refractivity contribution >= 4 is 22.6 Å². The molecule has 1 aromatic heterocycles. The number of rotatable bonds is 2. The van der Waals surface area contributed by atoms with Crippen LogP contribution in [0.15, 0.2) is 16.5 Å². The van der Waals surface area contributed by atoms with E-state index < -0.39 is 0 Å². The van der Waals surface area contributed by atoms with Gasteiger partial charge in [-0.3, -0.25) is 0 Å². The van der Waals surface area contributed by atoms with Crippen LogP contribution in [0.1, 0.15) is 23.8 Å². The smallest absolute Gasteiger partial charge is 0.153 e. The lowest BCUT2D eigenvalue weighted by Crippen LogP contribution is -1.97. The number of halogens is 1. The van der Waals surface area contributed by atoms with Crippen LogP contribution >= 0.6 is 11.6 Å². The number of nitrogens with two attached hydrogens (primary N) is 1. The molecular formula is C12H14ClNO. The van der Waals surface area contributed by atoms with Gasteiger partial charge in [0.25, 0.3) is 0 Å². The number of benzene rings is 1. The summed E-state index contributed by atoms with van der Waals surface area (Å²) >= 11 is 6.13. The first-order chi connectivity index (χ1) is 7.17. The predicted octanol–water partition coefficient (Wildman–Crippen LogP) is 3.42. The Bertz CT molecular complexity index is 502. The second kappa shape index (κ2) is 3.87. The predicted molar refractivity (Wildman–Crippen MR) is 63.2 cm³/mol. The Kier molecular flexibility index (Phi) is 2.72. The van der Waals surface area contributed by atoms with E-state index in [0.29, 0.717) is 11.6 Å². The Balaban J connectivity index is 2.82. The lowest BCUT2D eigenvalue weighted by atomic mass is 10.1. The van der Waals surface area contributed by atoms with E-state index in [1.165, 1.54) is 5.56 Å². The third-order valence-electron chi connectivity index (χ3n) is 2.61. The summed E-state index contributed by atoms with van der Waals surface area (Å²) in [5.74, 6) is 0.847. The molecule has 2 nitrogen and oxygen atoms in total. The quantitative estimate of drug-likeness (QED) is 0.848. The van der Waals surface area contributed by atoms with Crippen LogP contribution in [0.2, 0.25) is 5.02 Å². The summed E-state index contributed by atoms with van der Waals surface area (Å²) in [7, 11) is 0. The summed E-state index contributed by atoms with van der Waals surface area (Å²) in [6.07, 6.45) is 0.916. The number of fused-ring (bicyclic) bond motifs is 1. The van der Waals surface area contributed by atoms with Gasteiger partial charge in [0.1, 0.15) is 5.76 Å². The third kappa shape index (κ3) is 1.64. The second-order valence-corrected chi connectivity index (χ2v) is 4.09. The zero-order valence-electron chi connectivity index (χ0n) is 8.93. The minimum atomic E-state index is 0.424. The van der Waals surface area contributed by atoms with Gasteiger partial charge in [-0.15, -0.1) is 0 Å². The molecule has 0 amide bonds. The van der Waals surface area contributed by atoms with Crippen LogP contribution in [0.3, 0.4) is 0 Å². The van der Waals surface area contributed by atoms with Crippen molar-refractivity contribution in [3.63, 3.8) is 0 Å². The Morgan fingerprint density at radius 2 is 2.13 bits per heavy atom. The van der Waals surface area contributed by atoms with Crippen LogP contribution in [0.4, 0.5) is 0 Å². The van der Waals surface area contributed by atoms with Crippen LogP contribution in [-0.2, 0) is 13.0 Å². The molecule has 2 aromatic rings. The van der Waals surface area contributed by atoms with Crippen molar-refractivity contribution in [2.45, 2.75) is 26.8 Å². The molecule has 0 saturated carbocycles. The number of hydrogen-bond donors (Lipinski definition) is 1.